The molecule has 0 unspecified atom stereocenters. The lowest BCUT2D eigenvalue weighted by atomic mass is 10.3. The lowest BCUT2D eigenvalue weighted by Crippen LogP contribution is -2.35. The topological polar surface area (TPSA) is 56.6 Å². The molecule has 0 N–H and O–H groups in total. The first-order chi connectivity index (χ1) is 10.1. The van der Waals surface area contributed by atoms with E-state index in [1.54, 1.807) is 29.6 Å². The molecule has 2 atom stereocenters. The molecule has 1 aromatic heterocycles. The Bertz CT molecular complexity index is 520. The van der Waals surface area contributed by atoms with Gasteiger partial charge in [0.05, 0.1) is 6.61 Å². The van der Waals surface area contributed by atoms with E-state index in [0.717, 1.165) is 12.3 Å². The van der Waals surface area contributed by atoms with Gasteiger partial charge in [-0.2, -0.15) is 4.98 Å². The highest BCUT2D eigenvalue weighted by Crippen LogP contribution is 2.31. The van der Waals surface area contributed by atoms with Crippen LogP contribution in [0.1, 0.15) is 27.0 Å². The number of hydrogen-bond donors (Lipinski definition) is 0. The molecule has 0 radical (unpaired) electrons. The van der Waals surface area contributed by atoms with E-state index in [-0.39, 0.29) is 17.4 Å². The molecule has 1 aliphatic heterocycles. The Morgan fingerprint density at radius 2 is 2.38 bits per heavy atom. The lowest BCUT2D eigenvalue weighted by Gasteiger charge is -2.26. The Balaban J connectivity index is 2.15. The molecular formula is C14H23N3O3S. The molecule has 0 aliphatic carbocycles. The molecule has 1 saturated heterocycles. The van der Waals surface area contributed by atoms with Crippen molar-refractivity contribution in [3.05, 3.63) is 22.7 Å². The van der Waals surface area contributed by atoms with Crippen molar-refractivity contribution in [3.63, 3.8) is 0 Å². The summed E-state index contributed by atoms with van der Waals surface area (Å²) in [4.78, 5) is 18.5. The fourth-order valence-electron chi connectivity index (χ4n) is 2.39. The number of ether oxygens (including phenoxy) is 2. The van der Waals surface area contributed by atoms with E-state index in [4.69, 9.17) is 9.47 Å². The Labute approximate surface area is 129 Å². The molecule has 2 heterocycles. The maximum absolute atomic E-state index is 12.2. The second-order valence-electron chi connectivity index (χ2n) is 5.16. The summed E-state index contributed by atoms with van der Waals surface area (Å²) in [6, 6.07) is 2.19. The summed E-state index contributed by atoms with van der Waals surface area (Å²) >= 11 is 1.65. The van der Waals surface area contributed by atoms with Crippen molar-refractivity contribution < 1.29 is 9.47 Å². The Morgan fingerprint density at radius 1 is 1.62 bits per heavy atom. The second-order valence-corrected chi connectivity index (χ2v) is 6.36. The molecule has 1 aromatic rings. The van der Waals surface area contributed by atoms with Gasteiger partial charge in [-0.1, -0.05) is 0 Å². The predicted molar refractivity (Wildman–Crippen MR) is 84.9 cm³/mol. The van der Waals surface area contributed by atoms with Gasteiger partial charge in [0.2, 0.25) is 0 Å². The lowest BCUT2D eigenvalue weighted by molar-refractivity contribution is -0.0152. The summed E-state index contributed by atoms with van der Waals surface area (Å²) in [6.07, 6.45) is 1.51. The van der Waals surface area contributed by atoms with Crippen LogP contribution < -0.4 is 10.6 Å². The largest absolute Gasteiger partial charge is 0.381 e. The highest BCUT2D eigenvalue weighted by Gasteiger charge is 2.28. The summed E-state index contributed by atoms with van der Waals surface area (Å²) in [5.74, 6) is 1.45. The summed E-state index contributed by atoms with van der Waals surface area (Å²) < 4.78 is 12.4. The molecular weight excluding hydrogens is 290 g/mol. The van der Waals surface area contributed by atoms with Crippen molar-refractivity contribution in [3.8, 4) is 0 Å². The van der Waals surface area contributed by atoms with Gasteiger partial charge in [0.15, 0.2) is 0 Å². The van der Waals surface area contributed by atoms with Crippen molar-refractivity contribution in [1.82, 2.24) is 9.55 Å². The Kier molecular flexibility index (Phi) is 5.66. The third-order valence-corrected chi connectivity index (χ3v) is 4.52. The Hall–Kier alpha value is -1.05. The van der Waals surface area contributed by atoms with Crippen LogP contribution in [0.3, 0.4) is 0 Å². The summed E-state index contributed by atoms with van der Waals surface area (Å²) in [7, 11) is 1.64. The maximum atomic E-state index is 12.2. The summed E-state index contributed by atoms with van der Waals surface area (Å²) in [5, 5.41) is 0. The van der Waals surface area contributed by atoms with Gasteiger partial charge in [-0.3, -0.25) is 4.57 Å². The van der Waals surface area contributed by atoms with Crippen LogP contribution in [0.25, 0.3) is 0 Å². The average molecular weight is 313 g/mol. The van der Waals surface area contributed by atoms with Gasteiger partial charge in [-0.05, 0) is 26.8 Å². The fourth-order valence-corrected chi connectivity index (χ4v) is 3.44. The van der Waals surface area contributed by atoms with E-state index in [0.29, 0.717) is 18.5 Å². The second kappa shape index (κ2) is 7.29. The van der Waals surface area contributed by atoms with E-state index >= 15 is 0 Å². The number of thioether (sulfide) groups is 1. The zero-order valence-corrected chi connectivity index (χ0v) is 13.8. The van der Waals surface area contributed by atoms with Crippen LogP contribution in [0.15, 0.2) is 17.1 Å². The first kappa shape index (κ1) is 16.3. The normalized spacial score (nSPS) is 22.0. The molecule has 0 aromatic carbocycles. The standard InChI is InChI=1S/C14H23N3O3S/c1-5-16(10(2)3)11-6-7-17(14(18)15-11)12-9-21-13(20-12)8-19-4/h6-7,10,12-13H,5,8-9H2,1-4H3/t12-,13+/m1/s1. The molecule has 0 bridgehead atoms. The van der Waals surface area contributed by atoms with Crippen LogP contribution in [-0.2, 0) is 9.47 Å². The zero-order chi connectivity index (χ0) is 15.4. The number of methoxy groups -OCH3 is 1. The van der Waals surface area contributed by atoms with Gasteiger partial charge in [0, 0.05) is 31.6 Å². The first-order valence-electron chi connectivity index (χ1n) is 7.18. The molecule has 2 rings (SSSR count). The monoisotopic (exact) mass is 313 g/mol. The maximum Gasteiger partial charge on any atom is 0.351 e. The van der Waals surface area contributed by atoms with Crippen LogP contribution in [0.5, 0.6) is 0 Å². The minimum absolute atomic E-state index is 0.0191. The van der Waals surface area contributed by atoms with Crippen LogP contribution in [-0.4, -0.2) is 47.0 Å². The molecule has 0 saturated carbocycles. The molecule has 1 fully saturated rings. The Morgan fingerprint density at radius 3 is 2.95 bits per heavy atom. The number of rotatable bonds is 6. The first-order valence-corrected chi connectivity index (χ1v) is 8.23. The van der Waals surface area contributed by atoms with Crippen molar-refractivity contribution >= 4 is 17.6 Å². The van der Waals surface area contributed by atoms with Crippen LogP contribution in [0.2, 0.25) is 0 Å². The van der Waals surface area contributed by atoms with E-state index in [1.807, 2.05) is 6.07 Å². The van der Waals surface area contributed by atoms with E-state index in [9.17, 15) is 4.79 Å². The highest BCUT2D eigenvalue weighted by molar-refractivity contribution is 8.00. The fraction of sp³-hybridized carbons (Fsp3) is 0.714. The quantitative estimate of drug-likeness (QED) is 0.797. The van der Waals surface area contributed by atoms with Crippen molar-refractivity contribution in [2.24, 2.45) is 0 Å². The highest BCUT2D eigenvalue weighted by atomic mass is 32.2. The SMILES string of the molecule is CCN(c1ccn([C@H]2CS[C@@H](COC)O2)c(=O)n1)C(C)C. The van der Waals surface area contributed by atoms with Gasteiger partial charge in [0.25, 0.3) is 0 Å². The van der Waals surface area contributed by atoms with Crippen LogP contribution in [0, 0.1) is 0 Å². The zero-order valence-electron chi connectivity index (χ0n) is 13.0. The van der Waals surface area contributed by atoms with Crippen LogP contribution >= 0.6 is 11.8 Å². The molecule has 1 aliphatic rings. The summed E-state index contributed by atoms with van der Waals surface area (Å²) in [6.45, 7) is 7.57. The van der Waals surface area contributed by atoms with E-state index in [1.165, 1.54) is 0 Å². The van der Waals surface area contributed by atoms with Gasteiger partial charge in [0.1, 0.15) is 17.5 Å². The van der Waals surface area contributed by atoms with Crippen molar-refractivity contribution in [2.45, 2.75) is 38.5 Å². The molecule has 0 amide bonds. The van der Waals surface area contributed by atoms with E-state index < -0.39 is 0 Å². The average Bonchev–Trinajstić information content (AvgIpc) is 2.88. The molecule has 6 nitrogen and oxygen atoms in total. The van der Waals surface area contributed by atoms with Crippen LogP contribution in [0.4, 0.5) is 5.82 Å². The van der Waals surface area contributed by atoms with Gasteiger partial charge < -0.3 is 14.4 Å². The minimum Gasteiger partial charge on any atom is -0.381 e. The van der Waals surface area contributed by atoms with Gasteiger partial charge >= 0.3 is 5.69 Å². The van der Waals surface area contributed by atoms with Gasteiger partial charge in [-0.15, -0.1) is 11.8 Å². The smallest absolute Gasteiger partial charge is 0.351 e. The number of anilines is 1. The van der Waals surface area contributed by atoms with E-state index in [2.05, 4.69) is 30.7 Å². The number of nitrogens with zero attached hydrogens (tertiary/aromatic N) is 3. The third-order valence-electron chi connectivity index (χ3n) is 3.42. The molecule has 7 heteroatoms. The van der Waals surface area contributed by atoms with Crippen molar-refractivity contribution in [1.29, 1.82) is 0 Å². The summed E-state index contributed by atoms with van der Waals surface area (Å²) in [5.41, 5.74) is -0.287. The molecule has 118 valence electrons. The minimum atomic E-state index is -0.268. The molecule has 21 heavy (non-hydrogen) atoms. The van der Waals surface area contributed by atoms with Gasteiger partial charge in [-0.25, -0.2) is 4.79 Å². The number of hydrogen-bond acceptors (Lipinski definition) is 6. The molecule has 0 spiro atoms. The third kappa shape index (κ3) is 3.78. The van der Waals surface area contributed by atoms with Crippen molar-refractivity contribution in [2.75, 3.05) is 30.9 Å². The number of aromatic nitrogens is 2. The predicted octanol–water partition coefficient (Wildman–Crippen LogP) is 1.71.